The van der Waals surface area contributed by atoms with Gasteiger partial charge in [-0.3, -0.25) is 0 Å². The highest BCUT2D eigenvalue weighted by atomic mass is 32.1. The highest BCUT2D eigenvalue weighted by Crippen LogP contribution is 2.54. The molecule has 2 N–H and O–H groups in total. The third kappa shape index (κ3) is 0.644. The molecule has 0 radical (unpaired) electrons. The maximum absolute atomic E-state index is 5.65. The first-order valence-electron chi connectivity index (χ1n) is 4.10. The van der Waals surface area contributed by atoms with E-state index < -0.39 is 0 Å². The van der Waals surface area contributed by atoms with Crippen LogP contribution in [0.2, 0.25) is 0 Å². The van der Waals surface area contributed by atoms with Gasteiger partial charge in [0.2, 0.25) is 0 Å². The molecule has 0 aliphatic heterocycles. The van der Waals surface area contributed by atoms with Gasteiger partial charge in [0.25, 0.3) is 0 Å². The van der Waals surface area contributed by atoms with E-state index in [4.69, 9.17) is 5.73 Å². The van der Waals surface area contributed by atoms with Crippen LogP contribution in [0.3, 0.4) is 0 Å². The zero-order valence-electron chi connectivity index (χ0n) is 6.21. The average molecular weight is 166 g/mol. The number of anilines is 1. The van der Waals surface area contributed by atoms with Gasteiger partial charge in [-0.2, -0.15) is 0 Å². The number of nitrogens with two attached hydrogens (primary N) is 1. The van der Waals surface area contributed by atoms with E-state index in [0.29, 0.717) is 0 Å². The number of thiazole rings is 1. The van der Waals surface area contributed by atoms with Gasteiger partial charge >= 0.3 is 0 Å². The van der Waals surface area contributed by atoms with Gasteiger partial charge in [0.05, 0.1) is 5.69 Å². The van der Waals surface area contributed by atoms with E-state index in [-0.39, 0.29) is 0 Å². The van der Waals surface area contributed by atoms with Crippen LogP contribution in [-0.4, -0.2) is 4.98 Å². The highest BCUT2D eigenvalue weighted by Gasteiger charge is 2.39. The maximum Gasteiger partial charge on any atom is 0.180 e. The smallest absolute Gasteiger partial charge is 0.180 e. The molecule has 0 aromatic carbocycles. The Hall–Kier alpha value is -0.570. The van der Waals surface area contributed by atoms with Crippen LogP contribution in [0, 0.1) is 0 Å². The number of fused-ring (bicyclic) bond motifs is 5. The van der Waals surface area contributed by atoms with Crippen LogP contribution in [-0.2, 0) is 0 Å². The first-order valence-corrected chi connectivity index (χ1v) is 4.92. The van der Waals surface area contributed by atoms with Gasteiger partial charge in [-0.05, 0) is 25.2 Å². The Morgan fingerprint density at radius 1 is 1.36 bits per heavy atom. The minimum absolute atomic E-state index is 0.767. The summed E-state index contributed by atoms with van der Waals surface area (Å²) in [5.74, 6) is 1.59. The van der Waals surface area contributed by atoms with Gasteiger partial charge in [0, 0.05) is 10.8 Å². The summed E-state index contributed by atoms with van der Waals surface area (Å²) < 4.78 is 0. The van der Waals surface area contributed by atoms with Crippen LogP contribution in [0.25, 0.3) is 0 Å². The van der Waals surface area contributed by atoms with Crippen molar-refractivity contribution >= 4 is 16.5 Å². The van der Waals surface area contributed by atoms with E-state index in [1.807, 2.05) is 0 Å². The Kier molecular flexibility index (Phi) is 0.969. The van der Waals surface area contributed by atoms with Gasteiger partial charge < -0.3 is 5.73 Å². The number of rotatable bonds is 0. The molecular formula is C8H10N2S. The summed E-state index contributed by atoms with van der Waals surface area (Å²) in [5.41, 5.74) is 6.99. The fourth-order valence-corrected chi connectivity index (χ4v) is 3.48. The second-order valence-electron chi connectivity index (χ2n) is 3.51. The van der Waals surface area contributed by atoms with Crippen LogP contribution < -0.4 is 5.73 Å². The molecule has 1 aromatic heterocycles. The third-order valence-electron chi connectivity index (χ3n) is 2.89. The SMILES string of the molecule is Nc1nc2c(s1)C1CCC2C1. The van der Waals surface area contributed by atoms with E-state index in [1.165, 1.54) is 29.8 Å². The van der Waals surface area contributed by atoms with E-state index in [1.54, 1.807) is 11.3 Å². The fourth-order valence-electron chi connectivity index (χ4n) is 2.41. The zero-order valence-corrected chi connectivity index (χ0v) is 7.03. The van der Waals surface area contributed by atoms with Crippen molar-refractivity contribution < 1.29 is 0 Å². The molecule has 1 heterocycles. The predicted octanol–water partition coefficient (Wildman–Crippen LogP) is 2.09. The summed E-state index contributed by atoms with van der Waals surface area (Å²) in [6, 6.07) is 0. The molecule has 2 unspecified atom stereocenters. The average Bonchev–Trinajstić information content (AvgIpc) is 2.53. The van der Waals surface area contributed by atoms with E-state index in [2.05, 4.69) is 4.98 Å². The number of hydrogen-bond acceptors (Lipinski definition) is 3. The Morgan fingerprint density at radius 2 is 2.18 bits per heavy atom. The molecule has 0 spiro atoms. The molecule has 58 valence electrons. The largest absolute Gasteiger partial charge is 0.375 e. The molecule has 2 atom stereocenters. The second kappa shape index (κ2) is 1.78. The summed E-state index contributed by atoms with van der Waals surface area (Å²) >= 11 is 1.71. The van der Waals surface area contributed by atoms with Crippen LogP contribution in [0.4, 0.5) is 5.13 Å². The van der Waals surface area contributed by atoms with Crippen LogP contribution in [0.15, 0.2) is 0 Å². The molecule has 1 saturated carbocycles. The molecule has 1 fully saturated rings. The molecule has 2 nitrogen and oxygen atoms in total. The molecule has 3 rings (SSSR count). The molecule has 2 aliphatic carbocycles. The lowest BCUT2D eigenvalue weighted by atomic mass is 10.0. The van der Waals surface area contributed by atoms with Gasteiger partial charge in [-0.1, -0.05) is 0 Å². The lowest BCUT2D eigenvalue weighted by molar-refractivity contribution is 0.709. The predicted molar refractivity (Wildman–Crippen MR) is 45.9 cm³/mol. The third-order valence-corrected chi connectivity index (χ3v) is 3.95. The quantitative estimate of drug-likeness (QED) is 0.641. The lowest BCUT2D eigenvalue weighted by Crippen LogP contribution is -1.94. The summed E-state index contributed by atoms with van der Waals surface area (Å²) in [7, 11) is 0. The van der Waals surface area contributed by atoms with Crippen molar-refractivity contribution in [2.45, 2.75) is 31.1 Å². The van der Waals surface area contributed by atoms with E-state index >= 15 is 0 Å². The monoisotopic (exact) mass is 166 g/mol. The van der Waals surface area contributed by atoms with Gasteiger partial charge in [-0.25, -0.2) is 4.98 Å². The van der Waals surface area contributed by atoms with E-state index in [9.17, 15) is 0 Å². The normalized spacial score (nSPS) is 32.7. The van der Waals surface area contributed by atoms with E-state index in [0.717, 1.165) is 17.0 Å². The molecule has 2 bridgehead atoms. The number of nitrogens with zero attached hydrogens (tertiary/aromatic N) is 1. The molecule has 11 heavy (non-hydrogen) atoms. The number of aromatic nitrogens is 1. The molecule has 1 aromatic rings. The number of hydrogen-bond donors (Lipinski definition) is 1. The van der Waals surface area contributed by atoms with Gasteiger partial charge in [0.15, 0.2) is 5.13 Å². The van der Waals surface area contributed by atoms with Crippen molar-refractivity contribution in [3.8, 4) is 0 Å². The van der Waals surface area contributed by atoms with Crippen molar-refractivity contribution in [2.24, 2.45) is 0 Å². The topological polar surface area (TPSA) is 38.9 Å². The van der Waals surface area contributed by atoms with Gasteiger partial charge in [-0.15, -0.1) is 11.3 Å². The van der Waals surface area contributed by atoms with Crippen molar-refractivity contribution in [1.29, 1.82) is 0 Å². The molecule has 0 saturated heterocycles. The summed E-state index contributed by atoms with van der Waals surface area (Å²) in [5, 5.41) is 0.770. The summed E-state index contributed by atoms with van der Waals surface area (Å²) in [6.07, 6.45) is 4.08. The van der Waals surface area contributed by atoms with Gasteiger partial charge in [0.1, 0.15) is 0 Å². The summed E-state index contributed by atoms with van der Waals surface area (Å²) in [4.78, 5) is 5.87. The molecule has 2 aliphatic rings. The minimum Gasteiger partial charge on any atom is -0.375 e. The highest BCUT2D eigenvalue weighted by molar-refractivity contribution is 7.15. The molecular weight excluding hydrogens is 156 g/mol. The van der Waals surface area contributed by atoms with Crippen molar-refractivity contribution in [1.82, 2.24) is 4.98 Å². The lowest BCUT2D eigenvalue weighted by Gasteiger charge is -2.06. The molecule has 0 amide bonds. The Morgan fingerprint density at radius 3 is 3.00 bits per heavy atom. The minimum atomic E-state index is 0.767. The zero-order chi connectivity index (χ0) is 7.42. The number of nitrogen functional groups attached to an aromatic ring is 1. The Bertz CT molecular complexity index is 278. The first-order chi connectivity index (χ1) is 5.34. The maximum atomic E-state index is 5.65. The van der Waals surface area contributed by atoms with Crippen molar-refractivity contribution in [2.75, 3.05) is 5.73 Å². The second-order valence-corrected chi connectivity index (χ2v) is 4.57. The van der Waals surface area contributed by atoms with Crippen molar-refractivity contribution in [3.05, 3.63) is 10.6 Å². The van der Waals surface area contributed by atoms with Crippen LogP contribution >= 0.6 is 11.3 Å². The van der Waals surface area contributed by atoms with Crippen molar-refractivity contribution in [3.63, 3.8) is 0 Å². The summed E-state index contributed by atoms with van der Waals surface area (Å²) in [6.45, 7) is 0. The molecule has 3 heteroatoms. The standard InChI is InChI=1S/C8H10N2S/c9-8-10-6-4-1-2-5(3-4)7(6)11-8/h4-5H,1-3H2,(H2,9,10). The Balaban J connectivity index is 2.21. The van der Waals surface area contributed by atoms with Crippen LogP contribution in [0.1, 0.15) is 41.7 Å². The fraction of sp³-hybridized carbons (Fsp3) is 0.625. The first kappa shape index (κ1) is 6.00. The van der Waals surface area contributed by atoms with Crippen LogP contribution in [0.5, 0.6) is 0 Å². The Labute approximate surface area is 69.4 Å².